The molecule has 0 aliphatic carbocycles. The molecule has 0 amide bonds. The van der Waals surface area contributed by atoms with Gasteiger partial charge in [0.2, 0.25) is 5.52 Å². The summed E-state index contributed by atoms with van der Waals surface area (Å²) in [6.07, 6.45) is 1.43. The van der Waals surface area contributed by atoms with E-state index in [1.54, 1.807) is 30.3 Å². The van der Waals surface area contributed by atoms with Gasteiger partial charge in [-0.05, 0) is 23.8 Å². The van der Waals surface area contributed by atoms with Gasteiger partial charge in [0.25, 0.3) is 0 Å². The zero-order valence-corrected chi connectivity index (χ0v) is 11.2. The number of hydrogen-bond acceptors (Lipinski definition) is 3. The van der Waals surface area contributed by atoms with Crippen LogP contribution in [0, 0.1) is 5.21 Å². The third-order valence-corrected chi connectivity index (χ3v) is 3.21. The van der Waals surface area contributed by atoms with E-state index < -0.39 is 5.97 Å². The van der Waals surface area contributed by atoms with Gasteiger partial charge in [-0.15, -0.1) is 0 Å². The lowest BCUT2D eigenvalue weighted by molar-refractivity contribution is -0.577. The first kappa shape index (κ1) is 13.1. The molecule has 21 heavy (non-hydrogen) atoms. The highest BCUT2D eigenvalue weighted by molar-refractivity contribution is 5.93. The Morgan fingerprint density at radius 3 is 2.67 bits per heavy atom. The SMILES string of the molecule is O=C(OCc1ccccc1)c1ccc2c(ccc[n+]2[O-])c1. The molecule has 0 saturated heterocycles. The number of rotatable bonds is 3. The smallest absolute Gasteiger partial charge is 0.338 e. The second-order valence-electron chi connectivity index (χ2n) is 4.67. The maximum Gasteiger partial charge on any atom is 0.338 e. The molecule has 0 N–H and O–H groups in total. The Labute approximate surface area is 121 Å². The van der Waals surface area contributed by atoms with E-state index in [9.17, 15) is 10.0 Å². The largest absolute Gasteiger partial charge is 0.618 e. The average molecular weight is 279 g/mol. The van der Waals surface area contributed by atoms with E-state index in [1.807, 2.05) is 30.3 Å². The molecule has 2 aromatic carbocycles. The molecule has 0 radical (unpaired) electrons. The summed E-state index contributed by atoms with van der Waals surface area (Å²) < 4.78 is 6.04. The van der Waals surface area contributed by atoms with Crippen LogP contribution < -0.4 is 4.73 Å². The van der Waals surface area contributed by atoms with E-state index in [2.05, 4.69) is 0 Å². The Balaban J connectivity index is 1.79. The van der Waals surface area contributed by atoms with Gasteiger partial charge in [0.15, 0.2) is 6.20 Å². The van der Waals surface area contributed by atoms with Gasteiger partial charge in [-0.1, -0.05) is 30.3 Å². The van der Waals surface area contributed by atoms with Crippen LogP contribution in [0.2, 0.25) is 0 Å². The van der Waals surface area contributed by atoms with E-state index in [0.717, 1.165) is 10.3 Å². The highest BCUT2D eigenvalue weighted by atomic mass is 16.5. The Morgan fingerprint density at radius 2 is 1.86 bits per heavy atom. The summed E-state index contributed by atoms with van der Waals surface area (Å²) >= 11 is 0. The summed E-state index contributed by atoms with van der Waals surface area (Å²) in [6.45, 7) is 0.230. The van der Waals surface area contributed by atoms with Gasteiger partial charge in [0, 0.05) is 17.5 Å². The second kappa shape index (κ2) is 5.63. The lowest BCUT2D eigenvalue weighted by Gasteiger charge is -2.06. The average Bonchev–Trinajstić information content (AvgIpc) is 2.53. The molecule has 3 aromatic rings. The number of benzene rings is 2. The van der Waals surface area contributed by atoms with Crippen molar-refractivity contribution in [3.63, 3.8) is 0 Å². The van der Waals surface area contributed by atoms with Crippen LogP contribution in [0.1, 0.15) is 15.9 Å². The van der Waals surface area contributed by atoms with Gasteiger partial charge in [0.05, 0.1) is 5.56 Å². The molecule has 0 spiro atoms. The van der Waals surface area contributed by atoms with E-state index in [4.69, 9.17) is 4.74 Å². The van der Waals surface area contributed by atoms with Crippen LogP contribution in [-0.2, 0) is 11.3 Å². The fourth-order valence-electron chi connectivity index (χ4n) is 2.13. The Morgan fingerprint density at radius 1 is 1.05 bits per heavy atom. The van der Waals surface area contributed by atoms with Crippen molar-refractivity contribution < 1.29 is 14.3 Å². The van der Waals surface area contributed by atoms with Gasteiger partial charge in [-0.2, -0.15) is 4.73 Å². The number of fused-ring (bicyclic) bond motifs is 1. The summed E-state index contributed by atoms with van der Waals surface area (Å²) in [7, 11) is 0. The third-order valence-electron chi connectivity index (χ3n) is 3.21. The van der Waals surface area contributed by atoms with Crippen LogP contribution in [0.15, 0.2) is 66.9 Å². The fraction of sp³-hybridized carbons (Fsp3) is 0.0588. The quantitative estimate of drug-likeness (QED) is 0.421. The highest BCUT2D eigenvalue weighted by Crippen LogP contribution is 2.14. The van der Waals surface area contributed by atoms with E-state index >= 15 is 0 Å². The van der Waals surface area contributed by atoms with E-state index in [-0.39, 0.29) is 6.61 Å². The minimum absolute atomic E-state index is 0.230. The molecular formula is C17H13NO3. The fourth-order valence-corrected chi connectivity index (χ4v) is 2.13. The Kier molecular flexibility index (Phi) is 3.51. The molecule has 1 aromatic heterocycles. The number of hydrogen-bond donors (Lipinski definition) is 0. The van der Waals surface area contributed by atoms with Gasteiger partial charge >= 0.3 is 5.97 Å². The molecule has 0 aliphatic rings. The second-order valence-corrected chi connectivity index (χ2v) is 4.67. The molecule has 0 aliphatic heterocycles. The molecule has 0 saturated carbocycles. The van der Waals surface area contributed by atoms with Gasteiger partial charge in [-0.25, -0.2) is 4.79 Å². The first-order valence-corrected chi connectivity index (χ1v) is 6.57. The topological polar surface area (TPSA) is 53.2 Å². The highest BCUT2D eigenvalue weighted by Gasteiger charge is 2.11. The third kappa shape index (κ3) is 2.84. The zero-order valence-electron chi connectivity index (χ0n) is 11.2. The predicted octanol–water partition coefficient (Wildman–Crippen LogP) is 2.83. The molecule has 1 heterocycles. The number of ether oxygens (including phenoxy) is 1. The first-order chi connectivity index (χ1) is 10.2. The van der Waals surface area contributed by atoms with Crippen molar-refractivity contribution in [3.05, 3.63) is 83.2 Å². The summed E-state index contributed by atoms with van der Waals surface area (Å²) in [6, 6.07) is 17.8. The summed E-state index contributed by atoms with van der Waals surface area (Å²) in [5.74, 6) is -0.401. The van der Waals surface area contributed by atoms with Crippen LogP contribution in [0.4, 0.5) is 0 Å². The number of pyridine rings is 1. The minimum atomic E-state index is -0.401. The van der Waals surface area contributed by atoms with Crippen molar-refractivity contribution in [2.75, 3.05) is 0 Å². The molecule has 4 heteroatoms. The lowest BCUT2D eigenvalue weighted by atomic mass is 10.1. The maximum absolute atomic E-state index is 12.0. The molecule has 104 valence electrons. The molecule has 3 rings (SSSR count). The number of nitrogens with zero attached hydrogens (tertiary/aromatic N) is 1. The molecule has 0 atom stereocenters. The molecule has 0 bridgehead atoms. The molecule has 0 fully saturated rings. The van der Waals surface area contributed by atoms with Crippen molar-refractivity contribution in [1.29, 1.82) is 0 Å². The summed E-state index contributed by atoms with van der Waals surface area (Å²) in [4.78, 5) is 12.0. The molecular weight excluding hydrogens is 266 g/mol. The normalized spacial score (nSPS) is 10.5. The number of aromatic nitrogens is 1. The van der Waals surface area contributed by atoms with Gasteiger partial charge < -0.3 is 9.94 Å². The van der Waals surface area contributed by atoms with Crippen LogP contribution in [0.25, 0.3) is 10.9 Å². The van der Waals surface area contributed by atoms with Crippen molar-refractivity contribution in [3.8, 4) is 0 Å². The van der Waals surface area contributed by atoms with E-state index in [1.165, 1.54) is 6.20 Å². The zero-order chi connectivity index (χ0) is 14.7. The number of esters is 1. The standard InChI is InChI=1S/C17H13NO3/c19-17(21-12-13-5-2-1-3-6-13)15-8-9-16-14(11-15)7-4-10-18(16)20/h1-11H,12H2. The predicted molar refractivity (Wildman–Crippen MR) is 78.5 cm³/mol. The minimum Gasteiger partial charge on any atom is -0.618 e. The van der Waals surface area contributed by atoms with Crippen molar-refractivity contribution in [2.24, 2.45) is 0 Å². The van der Waals surface area contributed by atoms with Crippen LogP contribution in [0.3, 0.4) is 0 Å². The lowest BCUT2D eigenvalue weighted by Crippen LogP contribution is -2.25. The van der Waals surface area contributed by atoms with Crippen LogP contribution in [0.5, 0.6) is 0 Å². The van der Waals surface area contributed by atoms with E-state index in [0.29, 0.717) is 16.5 Å². The molecule has 4 nitrogen and oxygen atoms in total. The first-order valence-electron chi connectivity index (χ1n) is 6.57. The number of carbonyl (C=O) groups is 1. The number of carbonyl (C=O) groups excluding carboxylic acids is 1. The Bertz CT molecular complexity index is 784. The maximum atomic E-state index is 12.0. The van der Waals surface area contributed by atoms with Crippen LogP contribution >= 0.6 is 0 Å². The summed E-state index contributed by atoms with van der Waals surface area (Å²) in [5, 5.41) is 12.3. The van der Waals surface area contributed by atoms with Gasteiger partial charge in [-0.3, -0.25) is 0 Å². The summed E-state index contributed by atoms with van der Waals surface area (Å²) in [5.41, 5.74) is 1.89. The van der Waals surface area contributed by atoms with Crippen LogP contribution in [-0.4, -0.2) is 5.97 Å². The molecule has 0 unspecified atom stereocenters. The van der Waals surface area contributed by atoms with Gasteiger partial charge in [0.1, 0.15) is 6.61 Å². The monoisotopic (exact) mass is 279 g/mol. The Hall–Kier alpha value is -2.88. The van der Waals surface area contributed by atoms with Crippen molar-refractivity contribution >= 4 is 16.9 Å². The van der Waals surface area contributed by atoms with Crippen molar-refractivity contribution in [1.82, 2.24) is 0 Å². The van der Waals surface area contributed by atoms with Crippen molar-refractivity contribution in [2.45, 2.75) is 6.61 Å².